The molecule has 0 unspecified atom stereocenters. The zero-order valence-corrected chi connectivity index (χ0v) is 15.2. The summed E-state index contributed by atoms with van der Waals surface area (Å²) in [6, 6.07) is 9.11. The number of nitrogens with zero attached hydrogens (tertiary/aromatic N) is 2. The molecule has 3 amide bonds. The zero-order valence-electron chi connectivity index (χ0n) is 15.2. The number of anilines is 2. The van der Waals surface area contributed by atoms with Gasteiger partial charge in [-0.15, -0.1) is 0 Å². The SMILES string of the molecule is CC(=O)NCCC(=O)Nc1ccc2c(c1)N(C(=O)c1cccnc1)CCC2. The summed E-state index contributed by atoms with van der Waals surface area (Å²) in [6.07, 6.45) is 5.17. The van der Waals surface area contributed by atoms with Gasteiger partial charge in [-0.05, 0) is 42.7 Å². The molecule has 2 N–H and O–H groups in total. The largest absolute Gasteiger partial charge is 0.356 e. The molecule has 1 aromatic carbocycles. The molecule has 0 saturated heterocycles. The fraction of sp³-hybridized carbons (Fsp3) is 0.300. The maximum Gasteiger partial charge on any atom is 0.259 e. The summed E-state index contributed by atoms with van der Waals surface area (Å²) in [7, 11) is 0. The second-order valence-electron chi connectivity index (χ2n) is 6.43. The molecule has 1 aliphatic heterocycles. The molecule has 0 saturated carbocycles. The summed E-state index contributed by atoms with van der Waals surface area (Å²) in [6.45, 7) is 2.33. The Bertz CT molecular complexity index is 852. The molecule has 2 heterocycles. The first-order chi connectivity index (χ1) is 13.0. The molecule has 7 nitrogen and oxygen atoms in total. The van der Waals surface area contributed by atoms with Crippen molar-refractivity contribution in [2.75, 3.05) is 23.3 Å². The fourth-order valence-corrected chi connectivity index (χ4v) is 3.08. The molecule has 1 aliphatic rings. The van der Waals surface area contributed by atoms with Gasteiger partial charge >= 0.3 is 0 Å². The summed E-state index contributed by atoms with van der Waals surface area (Å²) in [5, 5.41) is 5.42. The maximum absolute atomic E-state index is 12.9. The average molecular weight is 366 g/mol. The van der Waals surface area contributed by atoms with Crippen molar-refractivity contribution < 1.29 is 14.4 Å². The first-order valence-corrected chi connectivity index (χ1v) is 8.93. The molecule has 0 atom stereocenters. The van der Waals surface area contributed by atoms with Crippen LogP contribution in [-0.2, 0) is 16.0 Å². The van der Waals surface area contributed by atoms with E-state index in [1.807, 2.05) is 18.2 Å². The Balaban J connectivity index is 1.75. The highest BCUT2D eigenvalue weighted by molar-refractivity contribution is 6.07. The van der Waals surface area contributed by atoms with Gasteiger partial charge in [-0.25, -0.2) is 0 Å². The number of carbonyl (C=O) groups is 3. The van der Waals surface area contributed by atoms with Crippen molar-refractivity contribution >= 4 is 29.1 Å². The van der Waals surface area contributed by atoms with Gasteiger partial charge in [0.2, 0.25) is 11.8 Å². The highest BCUT2D eigenvalue weighted by Crippen LogP contribution is 2.31. The summed E-state index contributed by atoms with van der Waals surface area (Å²) >= 11 is 0. The number of nitrogens with one attached hydrogen (secondary N) is 2. The van der Waals surface area contributed by atoms with Gasteiger partial charge < -0.3 is 15.5 Å². The van der Waals surface area contributed by atoms with Crippen LogP contribution in [0.15, 0.2) is 42.7 Å². The van der Waals surface area contributed by atoms with Crippen LogP contribution < -0.4 is 15.5 Å². The van der Waals surface area contributed by atoms with Gasteiger partial charge in [0.1, 0.15) is 0 Å². The molecule has 2 aromatic rings. The van der Waals surface area contributed by atoms with Crippen molar-refractivity contribution in [2.24, 2.45) is 0 Å². The molecule has 0 radical (unpaired) electrons. The predicted molar refractivity (Wildman–Crippen MR) is 103 cm³/mol. The van der Waals surface area contributed by atoms with Gasteiger partial charge in [0.05, 0.1) is 5.56 Å². The number of hydrogen-bond acceptors (Lipinski definition) is 4. The molecule has 0 bridgehead atoms. The van der Waals surface area contributed by atoms with Crippen LogP contribution in [0.4, 0.5) is 11.4 Å². The van der Waals surface area contributed by atoms with Crippen molar-refractivity contribution in [3.8, 4) is 0 Å². The van der Waals surface area contributed by atoms with Gasteiger partial charge in [0.25, 0.3) is 5.91 Å². The zero-order chi connectivity index (χ0) is 19.2. The number of carbonyl (C=O) groups excluding carboxylic acids is 3. The highest BCUT2D eigenvalue weighted by Gasteiger charge is 2.24. The summed E-state index contributed by atoms with van der Waals surface area (Å²) in [5.74, 6) is -0.455. The van der Waals surface area contributed by atoms with E-state index in [0.29, 0.717) is 17.8 Å². The number of fused-ring (bicyclic) bond motifs is 1. The fourth-order valence-electron chi connectivity index (χ4n) is 3.08. The van der Waals surface area contributed by atoms with Crippen LogP contribution in [0, 0.1) is 0 Å². The minimum Gasteiger partial charge on any atom is -0.356 e. The second kappa shape index (κ2) is 8.44. The van der Waals surface area contributed by atoms with Crippen molar-refractivity contribution in [2.45, 2.75) is 26.2 Å². The lowest BCUT2D eigenvalue weighted by Gasteiger charge is -2.30. The molecular weight excluding hydrogens is 344 g/mol. The Labute approximate surface area is 157 Å². The van der Waals surface area contributed by atoms with E-state index >= 15 is 0 Å². The maximum atomic E-state index is 12.9. The van der Waals surface area contributed by atoms with E-state index in [4.69, 9.17) is 0 Å². The number of aromatic nitrogens is 1. The Kier molecular flexibility index (Phi) is 5.80. The van der Waals surface area contributed by atoms with Crippen molar-refractivity contribution in [3.63, 3.8) is 0 Å². The molecule has 7 heteroatoms. The first kappa shape index (κ1) is 18.6. The van der Waals surface area contributed by atoms with E-state index in [-0.39, 0.29) is 30.7 Å². The Hall–Kier alpha value is -3.22. The molecule has 0 spiro atoms. The standard InChI is InChI=1S/C20H22N4O3/c1-14(25)22-10-8-19(26)23-17-7-6-15-5-3-11-24(18(15)12-17)20(27)16-4-2-9-21-13-16/h2,4,6-7,9,12-13H,3,5,8,10-11H2,1H3,(H,22,25)(H,23,26). The Morgan fingerprint density at radius 2 is 2.07 bits per heavy atom. The third-order valence-electron chi connectivity index (χ3n) is 4.37. The lowest BCUT2D eigenvalue weighted by atomic mass is 10.00. The van der Waals surface area contributed by atoms with E-state index in [2.05, 4.69) is 15.6 Å². The van der Waals surface area contributed by atoms with Crippen molar-refractivity contribution in [1.29, 1.82) is 0 Å². The van der Waals surface area contributed by atoms with Gasteiger partial charge in [-0.3, -0.25) is 19.4 Å². The monoisotopic (exact) mass is 366 g/mol. The van der Waals surface area contributed by atoms with Crippen LogP contribution >= 0.6 is 0 Å². The average Bonchev–Trinajstić information content (AvgIpc) is 2.67. The van der Waals surface area contributed by atoms with Gasteiger partial charge in [0.15, 0.2) is 0 Å². The Morgan fingerprint density at radius 1 is 1.22 bits per heavy atom. The van der Waals surface area contributed by atoms with Gasteiger partial charge in [-0.1, -0.05) is 6.07 Å². The van der Waals surface area contributed by atoms with Gasteiger partial charge in [-0.2, -0.15) is 0 Å². The molecular formula is C20H22N4O3. The number of amides is 3. The number of rotatable bonds is 5. The number of pyridine rings is 1. The number of aryl methyl sites for hydroxylation is 1. The third-order valence-corrected chi connectivity index (χ3v) is 4.37. The van der Waals surface area contributed by atoms with Crippen LogP contribution in [0.2, 0.25) is 0 Å². The normalized spacial score (nSPS) is 12.9. The van der Waals surface area contributed by atoms with Crippen LogP contribution in [0.25, 0.3) is 0 Å². The van der Waals surface area contributed by atoms with Crippen LogP contribution in [0.5, 0.6) is 0 Å². The predicted octanol–water partition coefficient (Wildman–Crippen LogP) is 2.14. The van der Waals surface area contributed by atoms with E-state index in [0.717, 1.165) is 24.1 Å². The molecule has 140 valence electrons. The molecule has 1 aromatic heterocycles. The summed E-state index contributed by atoms with van der Waals surface area (Å²) in [5.41, 5.74) is 3.06. The molecule has 0 aliphatic carbocycles. The minimum atomic E-state index is -0.190. The molecule has 27 heavy (non-hydrogen) atoms. The lowest BCUT2D eigenvalue weighted by Crippen LogP contribution is -2.35. The van der Waals surface area contributed by atoms with Crippen LogP contribution in [-0.4, -0.2) is 35.8 Å². The quantitative estimate of drug-likeness (QED) is 0.848. The lowest BCUT2D eigenvalue weighted by molar-refractivity contribution is -0.119. The first-order valence-electron chi connectivity index (χ1n) is 8.93. The van der Waals surface area contributed by atoms with E-state index in [9.17, 15) is 14.4 Å². The summed E-state index contributed by atoms with van der Waals surface area (Å²) in [4.78, 5) is 41.5. The topological polar surface area (TPSA) is 91.4 Å². The number of hydrogen-bond donors (Lipinski definition) is 2. The van der Waals surface area contributed by atoms with E-state index in [1.165, 1.54) is 6.92 Å². The highest BCUT2D eigenvalue weighted by atomic mass is 16.2. The molecule has 3 rings (SSSR count). The van der Waals surface area contributed by atoms with Crippen molar-refractivity contribution in [1.82, 2.24) is 10.3 Å². The minimum absolute atomic E-state index is 0.0989. The molecule has 0 fully saturated rings. The second-order valence-corrected chi connectivity index (χ2v) is 6.43. The smallest absolute Gasteiger partial charge is 0.259 e. The van der Waals surface area contributed by atoms with Crippen molar-refractivity contribution in [3.05, 3.63) is 53.9 Å². The number of benzene rings is 1. The van der Waals surface area contributed by atoms with Crippen LogP contribution in [0.1, 0.15) is 35.7 Å². The Morgan fingerprint density at radius 3 is 2.81 bits per heavy atom. The van der Waals surface area contributed by atoms with Gasteiger partial charge in [0, 0.05) is 50.2 Å². The third kappa shape index (κ3) is 4.69. The van der Waals surface area contributed by atoms with E-state index < -0.39 is 0 Å². The van der Waals surface area contributed by atoms with Crippen LogP contribution in [0.3, 0.4) is 0 Å². The van der Waals surface area contributed by atoms with E-state index in [1.54, 1.807) is 29.4 Å². The summed E-state index contributed by atoms with van der Waals surface area (Å²) < 4.78 is 0.